The topological polar surface area (TPSA) is 123 Å². The average molecular weight is 387 g/mol. The Labute approximate surface area is 163 Å². The molecular weight excluding hydrogens is 362 g/mol. The van der Waals surface area contributed by atoms with Gasteiger partial charge in [-0.3, -0.25) is 9.59 Å². The zero-order valence-electron chi connectivity index (χ0n) is 16.0. The van der Waals surface area contributed by atoms with Gasteiger partial charge in [0, 0.05) is 24.5 Å². The molecule has 28 heavy (non-hydrogen) atoms. The second-order valence-corrected chi connectivity index (χ2v) is 6.69. The molecule has 4 N–H and O–H groups in total. The van der Waals surface area contributed by atoms with Gasteiger partial charge in [0.25, 0.3) is 5.91 Å². The van der Waals surface area contributed by atoms with E-state index in [1.54, 1.807) is 13.8 Å². The number of aromatic nitrogens is 1. The lowest BCUT2D eigenvalue weighted by atomic mass is 10.2. The number of nitrogens with zero attached hydrogens (tertiary/aromatic N) is 2. The Balaban J connectivity index is 1.53. The molecule has 2 amide bonds. The molecule has 9 heteroatoms. The molecule has 2 heterocycles. The van der Waals surface area contributed by atoms with E-state index in [0.717, 1.165) is 18.8 Å². The molecule has 9 nitrogen and oxygen atoms in total. The normalized spacial score (nSPS) is 16.3. The maximum atomic E-state index is 12.4. The van der Waals surface area contributed by atoms with E-state index in [-0.39, 0.29) is 17.5 Å². The SMILES string of the molecule is C[C@H](N)c1nc(C(=O)N[C@H](C)C(=O)Nc2ccc(N3CCOCC3)cc2)co1. The van der Waals surface area contributed by atoms with Crippen molar-refractivity contribution >= 4 is 23.2 Å². The lowest BCUT2D eigenvalue weighted by Gasteiger charge is -2.29. The molecule has 2 aromatic rings. The fourth-order valence-corrected chi connectivity index (χ4v) is 2.76. The maximum absolute atomic E-state index is 12.4. The maximum Gasteiger partial charge on any atom is 0.273 e. The van der Waals surface area contributed by atoms with Crippen LogP contribution in [0.25, 0.3) is 0 Å². The fourth-order valence-electron chi connectivity index (χ4n) is 2.76. The molecule has 1 aliphatic heterocycles. The van der Waals surface area contributed by atoms with Gasteiger partial charge in [0.05, 0.1) is 19.3 Å². The van der Waals surface area contributed by atoms with Gasteiger partial charge in [0.2, 0.25) is 11.8 Å². The lowest BCUT2D eigenvalue weighted by Crippen LogP contribution is -2.41. The largest absolute Gasteiger partial charge is 0.446 e. The molecule has 1 saturated heterocycles. The Morgan fingerprint density at radius 3 is 2.46 bits per heavy atom. The summed E-state index contributed by atoms with van der Waals surface area (Å²) < 4.78 is 10.5. The first-order chi connectivity index (χ1) is 13.4. The van der Waals surface area contributed by atoms with Gasteiger partial charge in [-0.1, -0.05) is 0 Å². The summed E-state index contributed by atoms with van der Waals surface area (Å²) >= 11 is 0. The number of oxazole rings is 1. The van der Waals surface area contributed by atoms with Crippen molar-refractivity contribution in [3.05, 3.63) is 42.1 Å². The van der Waals surface area contributed by atoms with Gasteiger partial charge >= 0.3 is 0 Å². The highest BCUT2D eigenvalue weighted by Crippen LogP contribution is 2.19. The van der Waals surface area contributed by atoms with E-state index in [1.165, 1.54) is 6.26 Å². The standard InChI is InChI=1S/C19H25N5O4/c1-12(20)19-23-16(11-28-19)18(26)21-13(2)17(25)22-14-3-5-15(6-4-14)24-7-9-27-10-8-24/h3-6,11-13H,7-10,20H2,1-2H3,(H,21,26)(H,22,25)/t12-,13+/m0/s1. The molecule has 150 valence electrons. The van der Waals surface area contributed by atoms with E-state index >= 15 is 0 Å². The van der Waals surface area contributed by atoms with Crippen LogP contribution in [0.3, 0.4) is 0 Å². The number of nitrogens with one attached hydrogen (secondary N) is 2. The van der Waals surface area contributed by atoms with Crippen LogP contribution in [0.5, 0.6) is 0 Å². The molecule has 0 bridgehead atoms. The monoisotopic (exact) mass is 387 g/mol. The van der Waals surface area contributed by atoms with Crippen LogP contribution in [-0.4, -0.2) is 49.1 Å². The third-order valence-electron chi connectivity index (χ3n) is 4.40. The minimum Gasteiger partial charge on any atom is -0.446 e. The number of benzene rings is 1. The summed E-state index contributed by atoms with van der Waals surface area (Å²) in [5.74, 6) is -0.563. The van der Waals surface area contributed by atoms with Gasteiger partial charge in [0.15, 0.2) is 5.69 Å². The second-order valence-electron chi connectivity index (χ2n) is 6.69. The molecule has 1 aromatic heterocycles. The summed E-state index contributed by atoms with van der Waals surface area (Å²) in [5.41, 5.74) is 7.48. The van der Waals surface area contributed by atoms with E-state index in [1.807, 2.05) is 24.3 Å². The summed E-state index contributed by atoms with van der Waals surface area (Å²) in [6, 6.07) is 6.42. The van der Waals surface area contributed by atoms with Crippen molar-refractivity contribution in [3.63, 3.8) is 0 Å². The summed E-state index contributed by atoms with van der Waals surface area (Å²) in [4.78, 5) is 30.8. The molecule has 3 rings (SSSR count). The number of carbonyl (C=O) groups excluding carboxylic acids is 2. The van der Waals surface area contributed by atoms with Crippen LogP contribution >= 0.6 is 0 Å². The Hall–Kier alpha value is -2.91. The quantitative estimate of drug-likeness (QED) is 0.682. The zero-order valence-corrected chi connectivity index (χ0v) is 16.0. The Kier molecular flexibility index (Phi) is 6.27. The first-order valence-corrected chi connectivity index (χ1v) is 9.19. The molecule has 0 saturated carbocycles. The van der Waals surface area contributed by atoms with Crippen molar-refractivity contribution in [2.45, 2.75) is 25.9 Å². The van der Waals surface area contributed by atoms with E-state index in [0.29, 0.717) is 18.9 Å². The van der Waals surface area contributed by atoms with Crippen molar-refractivity contribution < 1.29 is 18.7 Å². The minimum atomic E-state index is -0.748. The third kappa shape index (κ3) is 4.87. The summed E-state index contributed by atoms with van der Waals surface area (Å²) in [7, 11) is 0. The van der Waals surface area contributed by atoms with Crippen LogP contribution in [0, 0.1) is 0 Å². The first-order valence-electron chi connectivity index (χ1n) is 9.19. The van der Waals surface area contributed by atoms with Gasteiger partial charge < -0.3 is 30.4 Å². The number of amides is 2. The highest BCUT2D eigenvalue weighted by Gasteiger charge is 2.20. The molecule has 0 spiro atoms. The molecule has 1 fully saturated rings. The molecule has 2 atom stereocenters. The van der Waals surface area contributed by atoms with Crippen LogP contribution in [0.1, 0.15) is 36.3 Å². The van der Waals surface area contributed by atoms with Crippen LogP contribution in [-0.2, 0) is 9.53 Å². The minimum absolute atomic E-state index is 0.0850. The predicted molar refractivity (Wildman–Crippen MR) is 104 cm³/mol. The van der Waals surface area contributed by atoms with Crippen molar-refractivity contribution in [1.29, 1.82) is 0 Å². The summed E-state index contributed by atoms with van der Waals surface area (Å²) in [6.45, 7) is 6.43. The highest BCUT2D eigenvalue weighted by atomic mass is 16.5. The van der Waals surface area contributed by atoms with E-state index in [9.17, 15) is 9.59 Å². The number of rotatable bonds is 6. The van der Waals surface area contributed by atoms with Crippen molar-refractivity contribution in [3.8, 4) is 0 Å². The number of anilines is 2. The average Bonchev–Trinajstić information content (AvgIpc) is 3.20. The molecule has 1 aromatic carbocycles. The third-order valence-corrected chi connectivity index (χ3v) is 4.40. The van der Waals surface area contributed by atoms with Crippen molar-refractivity contribution in [2.75, 3.05) is 36.5 Å². The number of hydrogen-bond acceptors (Lipinski definition) is 7. The number of ether oxygens (including phenoxy) is 1. The second kappa shape index (κ2) is 8.85. The van der Waals surface area contributed by atoms with Gasteiger partial charge in [-0.2, -0.15) is 0 Å². The summed E-state index contributed by atoms with van der Waals surface area (Å²) in [6.07, 6.45) is 1.23. The van der Waals surface area contributed by atoms with Crippen LogP contribution in [0.2, 0.25) is 0 Å². The molecule has 1 aliphatic rings. The molecule has 0 unspecified atom stereocenters. The molecule has 0 radical (unpaired) electrons. The predicted octanol–water partition coefficient (Wildman–Crippen LogP) is 1.29. The van der Waals surface area contributed by atoms with Gasteiger partial charge in [0.1, 0.15) is 12.3 Å². The van der Waals surface area contributed by atoms with Crippen LogP contribution in [0.15, 0.2) is 34.9 Å². The van der Waals surface area contributed by atoms with E-state index < -0.39 is 18.0 Å². The van der Waals surface area contributed by atoms with E-state index in [2.05, 4.69) is 20.5 Å². The van der Waals surface area contributed by atoms with Gasteiger partial charge in [-0.25, -0.2) is 4.98 Å². The lowest BCUT2D eigenvalue weighted by molar-refractivity contribution is -0.117. The van der Waals surface area contributed by atoms with Gasteiger partial charge in [-0.05, 0) is 38.1 Å². The number of morpholine rings is 1. The highest BCUT2D eigenvalue weighted by molar-refractivity contribution is 6.00. The number of hydrogen-bond donors (Lipinski definition) is 3. The smallest absolute Gasteiger partial charge is 0.273 e. The Morgan fingerprint density at radius 1 is 1.18 bits per heavy atom. The van der Waals surface area contributed by atoms with E-state index in [4.69, 9.17) is 14.9 Å². The fraction of sp³-hybridized carbons (Fsp3) is 0.421. The zero-order chi connectivity index (χ0) is 20.1. The first kappa shape index (κ1) is 19.8. The van der Waals surface area contributed by atoms with Crippen molar-refractivity contribution in [1.82, 2.24) is 10.3 Å². The molecular formula is C19H25N5O4. The van der Waals surface area contributed by atoms with Crippen LogP contribution in [0.4, 0.5) is 11.4 Å². The number of nitrogens with two attached hydrogens (primary N) is 1. The molecule has 0 aliphatic carbocycles. The van der Waals surface area contributed by atoms with Crippen molar-refractivity contribution in [2.24, 2.45) is 5.73 Å². The number of carbonyl (C=O) groups is 2. The van der Waals surface area contributed by atoms with Crippen LogP contribution < -0.4 is 21.3 Å². The Bertz CT molecular complexity index is 812. The summed E-state index contributed by atoms with van der Waals surface area (Å²) in [5, 5.41) is 5.39. The van der Waals surface area contributed by atoms with Gasteiger partial charge in [-0.15, -0.1) is 0 Å². The Morgan fingerprint density at radius 2 is 1.86 bits per heavy atom.